The quantitative estimate of drug-likeness (QED) is 0.600. The SMILES string of the molecule is CC1=CC=C(CCN=N)CC1. The molecule has 0 bridgehead atoms. The minimum absolute atomic E-state index is 0.652. The summed E-state index contributed by atoms with van der Waals surface area (Å²) in [6.07, 6.45) is 7.65. The van der Waals surface area contributed by atoms with E-state index in [9.17, 15) is 0 Å². The molecule has 0 spiro atoms. The van der Waals surface area contributed by atoms with Crippen LogP contribution < -0.4 is 0 Å². The molecule has 60 valence electrons. The second-order valence-electron chi connectivity index (χ2n) is 2.97. The summed E-state index contributed by atoms with van der Waals surface area (Å²) < 4.78 is 0. The number of rotatable bonds is 3. The largest absolute Gasteiger partial charge is 0.210 e. The van der Waals surface area contributed by atoms with Gasteiger partial charge in [-0.2, -0.15) is 5.11 Å². The second-order valence-corrected chi connectivity index (χ2v) is 2.97. The van der Waals surface area contributed by atoms with Crippen LogP contribution in [0.5, 0.6) is 0 Å². The van der Waals surface area contributed by atoms with E-state index < -0.39 is 0 Å². The highest BCUT2D eigenvalue weighted by Crippen LogP contribution is 2.19. The van der Waals surface area contributed by atoms with Gasteiger partial charge in [-0.15, -0.1) is 0 Å². The normalized spacial score (nSPS) is 17.2. The number of nitrogens with zero attached hydrogens (tertiary/aromatic N) is 1. The van der Waals surface area contributed by atoms with Crippen LogP contribution in [0.4, 0.5) is 0 Å². The lowest BCUT2D eigenvalue weighted by atomic mass is 9.97. The van der Waals surface area contributed by atoms with Crippen LogP contribution in [0.1, 0.15) is 26.2 Å². The number of allylic oxidation sites excluding steroid dienone is 3. The highest BCUT2D eigenvalue weighted by Gasteiger charge is 2.01. The lowest BCUT2D eigenvalue weighted by Crippen LogP contribution is -1.92. The lowest BCUT2D eigenvalue weighted by molar-refractivity contribution is 0.791. The number of hydrogen-bond donors (Lipinski definition) is 1. The van der Waals surface area contributed by atoms with Gasteiger partial charge >= 0.3 is 0 Å². The number of hydrogen-bond acceptors (Lipinski definition) is 2. The van der Waals surface area contributed by atoms with Crippen LogP contribution >= 0.6 is 0 Å². The molecule has 0 atom stereocenters. The Kier molecular flexibility index (Phi) is 3.02. The predicted molar refractivity (Wildman–Crippen MR) is 45.7 cm³/mol. The van der Waals surface area contributed by atoms with Crippen LogP contribution in [0.3, 0.4) is 0 Å². The standard InChI is InChI=1S/C9H14N2/c1-8-2-4-9(5-3-8)6-7-11-10/h2,4,10H,3,5-7H2,1H3. The van der Waals surface area contributed by atoms with E-state index in [4.69, 9.17) is 5.53 Å². The van der Waals surface area contributed by atoms with Crippen LogP contribution in [-0.4, -0.2) is 6.54 Å². The first-order valence-corrected chi connectivity index (χ1v) is 4.01. The third-order valence-electron chi connectivity index (χ3n) is 1.99. The second kappa shape index (κ2) is 4.06. The maximum atomic E-state index is 6.64. The first-order valence-electron chi connectivity index (χ1n) is 4.01. The maximum Gasteiger partial charge on any atom is 0.0633 e. The Morgan fingerprint density at radius 1 is 1.45 bits per heavy atom. The Hall–Kier alpha value is -0.920. The van der Waals surface area contributed by atoms with E-state index in [0.29, 0.717) is 6.54 Å². The Morgan fingerprint density at radius 3 is 2.82 bits per heavy atom. The molecular formula is C9H14N2. The van der Waals surface area contributed by atoms with Gasteiger partial charge < -0.3 is 0 Å². The van der Waals surface area contributed by atoms with Gasteiger partial charge in [-0.1, -0.05) is 23.3 Å². The smallest absolute Gasteiger partial charge is 0.0633 e. The van der Waals surface area contributed by atoms with Gasteiger partial charge in [0.05, 0.1) is 6.54 Å². The Bertz CT molecular complexity index is 202. The maximum absolute atomic E-state index is 6.64. The summed E-state index contributed by atoms with van der Waals surface area (Å²) in [6.45, 7) is 2.81. The third-order valence-corrected chi connectivity index (χ3v) is 1.99. The minimum atomic E-state index is 0.652. The lowest BCUT2D eigenvalue weighted by Gasteiger charge is -2.09. The first kappa shape index (κ1) is 8.18. The van der Waals surface area contributed by atoms with Crippen molar-refractivity contribution in [1.29, 1.82) is 5.53 Å². The van der Waals surface area contributed by atoms with E-state index in [2.05, 4.69) is 24.2 Å². The zero-order valence-corrected chi connectivity index (χ0v) is 6.93. The zero-order chi connectivity index (χ0) is 8.10. The van der Waals surface area contributed by atoms with Gasteiger partial charge in [0.1, 0.15) is 0 Å². The molecule has 0 aromatic rings. The molecular weight excluding hydrogens is 136 g/mol. The van der Waals surface area contributed by atoms with Gasteiger partial charge in [-0.05, 0) is 26.2 Å². The van der Waals surface area contributed by atoms with Gasteiger partial charge in [0.25, 0.3) is 0 Å². The van der Waals surface area contributed by atoms with Crippen molar-refractivity contribution in [2.24, 2.45) is 5.11 Å². The van der Waals surface area contributed by atoms with Crippen LogP contribution in [0.2, 0.25) is 0 Å². The van der Waals surface area contributed by atoms with E-state index >= 15 is 0 Å². The van der Waals surface area contributed by atoms with Crippen molar-refractivity contribution < 1.29 is 0 Å². The number of nitrogens with one attached hydrogen (secondary N) is 1. The van der Waals surface area contributed by atoms with E-state index in [1.54, 1.807) is 0 Å². The Morgan fingerprint density at radius 2 is 2.27 bits per heavy atom. The van der Waals surface area contributed by atoms with E-state index in [1.165, 1.54) is 17.6 Å². The van der Waals surface area contributed by atoms with Crippen molar-refractivity contribution >= 4 is 0 Å². The van der Waals surface area contributed by atoms with Crippen molar-refractivity contribution in [3.8, 4) is 0 Å². The Balaban J connectivity index is 2.41. The highest BCUT2D eigenvalue weighted by molar-refractivity contribution is 5.22. The van der Waals surface area contributed by atoms with Crippen LogP contribution in [0.25, 0.3) is 0 Å². The molecule has 2 heteroatoms. The molecule has 0 fully saturated rings. The van der Waals surface area contributed by atoms with E-state index in [1.807, 2.05) is 0 Å². The molecule has 0 saturated heterocycles. The summed E-state index contributed by atoms with van der Waals surface area (Å²) in [6, 6.07) is 0. The Labute approximate surface area is 67.5 Å². The fraction of sp³-hybridized carbons (Fsp3) is 0.556. The van der Waals surface area contributed by atoms with E-state index in [0.717, 1.165) is 12.8 Å². The predicted octanol–water partition coefficient (Wildman–Crippen LogP) is 3.07. The molecule has 1 aliphatic carbocycles. The van der Waals surface area contributed by atoms with Crippen molar-refractivity contribution in [1.82, 2.24) is 0 Å². The average molecular weight is 150 g/mol. The summed E-state index contributed by atoms with van der Waals surface area (Å²) in [5.41, 5.74) is 9.54. The molecule has 2 nitrogen and oxygen atoms in total. The van der Waals surface area contributed by atoms with Gasteiger partial charge in [0, 0.05) is 0 Å². The summed E-state index contributed by atoms with van der Waals surface area (Å²) >= 11 is 0. The molecule has 0 heterocycles. The van der Waals surface area contributed by atoms with Crippen molar-refractivity contribution in [2.75, 3.05) is 6.54 Å². The van der Waals surface area contributed by atoms with Gasteiger partial charge in [0.15, 0.2) is 0 Å². The third kappa shape index (κ3) is 2.66. The molecule has 0 amide bonds. The fourth-order valence-corrected chi connectivity index (χ4v) is 1.19. The van der Waals surface area contributed by atoms with Gasteiger partial charge in [-0.25, -0.2) is 5.53 Å². The molecule has 1 aliphatic rings. The molecule has 1 N–H and O–H groups in total. The van der Waals surface area contributed by atoms with Crippen molar-refractivity contribution in [3.63, 3.8) is 0 Å². The van der Waals surface area contributed by atoms with Crippen molar-refractivity contribution in [2.45, 2.75) is 26.2 Å². The average Bonchev–Trinajstić information content (AvgIpc) is 2.04. The molecule has 0 saturated carbocycles. The highest BCUT2D eigenvalue weighted by atomic mass is 14.9. The molecule has 0 aliphatic heterocycles. The molecule has 0 radical (unpaired) electrons. The zero-order valence-electron chi connectivity index (χ0n) is 6.93. The van der Waals surface area contributed by atoms with Crippen molar-refractivity contribution in [3.05, 3.63) is 23.3 Å². The molecule has 1 rings (SSSR count). The minimum Gasteiger partial charge on any atom is -0.210 e. The van der Waals surface area contributed by atoms with Crippen LogP contribution in [0, 0.1) is 5.53 Å². The van der Waals surface area contributed by atoms with Crippen LogP contribution in [-0.2, 0) is 0 Å². The monoisotopic (exact) mass is 150 g/mol. The molecule has 11 heavy (non-hydrogen) atoms. The fourth-order valence-electron chi connectivity index (χ4n) is 1.19. The van der Waals surface area contributed by atoms with Gasteiger partial charge in [-0.3, -0.25) is 0 Å². The summed E-state index contributed by atoms with van der Waals surface area (Å²) in [7, 11) is 0. The van der Waals surface area contributed by atoms with E-state index in [-0.39, 0.29) is 0 Å². The topological polar surface area (TPSA) is 36.2 Å². The summed E-state index contributed by atoms with van der Waals surface area (Å²) in [5.74, 6) is 0. The van der Waals surface area contributed by atoms with Gasteiger partial charge in [0.2, 0.25) is 0 Å². The first-order chi connectivity index (χ1) is 5.33. The summed E-state index contributed by atoms with van der Waals surface area (Å²) in [4.78, 5) is 0. The molecule has 0 unspecified atom stereocenters. The summed E-state index contributed by atoms with van der Waals surface area (Å²) in [5, 5.41) is 3.34. The van der Waals surface area contributed by atoms with Crippen LogP contribution in [0.15, 0.2) is 28.4 Å². The molecule has 0 aromatic carbocycles. The molecule has 0 aromatic heterocycles.